The van der Waals surface area contributed by atoms with Crippen molar-refractivity contribution in [2.45, 2.75) is 57.5 Å². The summed E-state index contributed by atoms with van der Waals surface area (Å²) in [7, 11) is 0. The largest absolute Gasteiger partial charge is 0.481 e. The van der Waals surface area contributed by atoms with Crippen LogP contribution in [0.4, 0.5) is 0 Å². The molecule has 1 heterocycles. The Morgan fingerprint density at radius 1 is 1.14 bits per heavy atom. The predicted molar refractivity (Wildman–Crippen MR) is 53.2 cm³/mol. The molecule has 0 saturated carbocycles. The molecule has 0 radical (unpaired) electrons. The smallest absolute Gasteiger partial charge is 0.303 e. The minimum Gasteiger partial charge on any atom is -0.481 e. The Morgan fingerprint density at radius 2 is 1.71 bits per heavy atom. The van der Waals surface area contributed by atoms with E-state index in [1.54, 1.807) is 0 Å². The standard InChI is InChI=1S/C10H18N2O2/c1-10(11-12-10)8-6-4-2-3-5-7-9(13)14/h2-8H2,1H3,(H,13,14). The fraction of sp³-hybridized carbons (Fsp3) is 0.900. The highest BCUT2D eigenvalue weighted by Gasteiger charge is 2.32. The van der Waals surface area contributed by atoms with Crippen LogP contribution in [0.5, 0.6) is 0 Å². The highest BCUT2D eigenvalue weighted by atomic mass is 16.4. The van der Waals surface area contributed by atoms with Crippen molar-refractivity contribution in [1.29, 1.82) is 0 Å². The van der Waals surface area contributed by atoms with E-state index in [0.717, 1.165) is 32.1 Å². The van der Waals surface area contributed by atoms with Crippen LogP contribution in [0.15, 0.2) is 10.2 Å². The van der Waals surface area contributed by atoms with E-state index in [0.29, 0.717) is 6.42 Å². The van der Waals surface area contributed by atoms with Crippen LogP contribution < -0.4 is 0 Å². The van der Waals surface area contributed by atoms with E-state index >= 15 is 0 Å². The third kappa shape index (κ3) is 4.94. The fourth-order valence-electron chi connectivity index (χ4n) is 1.45. The Balaban J connectivity index is 1.78. The lowest BCUT2D eigenvalue weighted by atomic mass is 10.0. The second-order valence-corrected chi connectivity index (χ2v) is 4.08. The summed E-state index contributed by atoms with van der Waals surface area (Å²) >= 11 is 0. The third-order valence-electron chi connectivity index (χ3n) is 2.48. The molecule has 1 N–H and O–H groups in total. The first-order chi connectivity index (χ1) is 6.62. The van der Waals surface area contributed by atoms with Gasteiger partial charge >= 0.3 is 5.97 Å². The minimum atomic E-state index is -0.687. The first kappa shape index (κ1) is 11.1. The van der Waals surface area contributed by atoms with Crippen LogP contribution in [0.3, 0.4) is 0 Å². The zero-order valence-corrected chi connectivity index (χ0v) is 8.70. The molecule has 1 aliphatic heterocycles. The van der Waals surface area contributed by atoms with Crippen LogP contribution in [-0.4, -0.2) is 16.7 Å². The molecular formula is C10H18N2O2. The van der Waals surface area contributed by atoms with Crippen molar-refractivity contribution in [3.63, 3.8) is 0 Å². The first-order valence-electron chi connectivity index (χ1n) is 5.28. The summed E-state index contributed by atoms with van der Waals surface area (Å²) in [5, 5.41) is 16.3. The zero-order chi connectivity index (χ0) is 10.4. The lowest BCUT2D eigenvalue weighted by Gasteiger charge is -2.02. The lowest BCUT2D eigenvalue weighted by Crippen LogP contribution is -2.02. The highest BCUT2D eigenvalue weighted by molar-refractivity contribution is 5.66. The molecule has 1 rings (SSSR count). The number of aliphatic carboxylic acids is 1. The lowest BCUT2D eigenvalue weighted by molar-refractivity contribution is -0.137. The van der Waals surface area contributed by atoms with E-state index < -0.39 is 5.97 Å². The number of hydrogen-bond donors (Lipinski definition) is 1. The van der Waals surface area contributed by atoms with Crippen molar-refractivity contribution in [2.75, 3.05) is 0 Å². The third-order valence-corrected chi connectivity index (χ3v) is 2.48. The van der Waals surface area contributed by atoms with Gasteiger partial charge in [-0.15, -0.1) is 0 Å². The molecule has 0 amide bonds. The molecule has 0 fully saturated rings. The average Bonchev–Trinajstić information content (AvgIpc) is 2.82. The van der Waals surface area contributed by atoms with Crippen LogP contribution >= 0.6 is 0 Å². The first-order valence-corrected chi connectivity index (χ1v) is 5.28. The Morgan fingerprint density at radius 3 is 2.29 bits per heavy atom. The highest BCUT2D eigenvalue weighted by Crippen LogP contribution is 2.32. The fourth-order valence-corrected chi connectivity index (χ4v) is 1.45. The van der Waals surface area contributed by atoms with E-state index in [4.69, 9.17) is 5.11 Å². The number of rotatable bonds is 8. The van der Waals surface area contributed by atoms with Gasteiger partial charge in [0, 0.05) is 6.42 Å². The van der Waals surface area contributed by atoms with Crippen molar-refractivity contribution < 1.29 is 9.90 Å². The summed E-state index contributed by atoms with van der Waals surface area (Å²) in [6.07, 6.45) is 6.63. The number of carboxylic acid groups (broad SMARTS) is 1. The van der Waals surface area contributed by atoms with Crippen LogP contribution in [0.2, 0.25) is 0 Å². The maximum atomic E-state index is 10.2. The second-order valence-electron chi connectivity index (χ2n) is 4.08. The van der Waals surface area contributed by atoms with Gasteiger partial charge < -0.3 is 5.11 Å². The zero-order valence-electron chi connectivity index (χ0n) is 8.70. The Hall–Kier alpha value is -0.930. The SMILES string of the molecule is CC1(CCCCCCCC(=O)O)N=N1. The normalized spacial score (nSPS) is 16.9. The van der Waals surface area contributed by atoms with Crippen molar-refractivity contribution in [3.05, 3.63) is 0 Å². The van der Waals surface area contributed by atoms with E-state index in [9.17, 15) is 4.79 Å². The Kier molecular flexibility index (Phi) is 4.04. The predicted octanol–water partition coefficient (Wildman–Crippen LogP) is 2.98. The summed E-state index contributed by atoms with van der Waals surface area (Å²) in [6, 6.07) is 0. The van der Waals surface area contributed by atoms with Gasteiger partial charge in [0.05, 0.1) is 0 Å². The van der Waals surface area contributed by atoms with E-state index in [-0.39, 0.29) is 5.66 Å². The molecule has 0 spiro atoms. The van der Waals surface area contributed by atoms with Gasteiger partial charge in [0.2, 0.25) is 0 Å². The van der Waals surface area contributed by atoms with Crippen molar-refractivity contribution in [2.24, 2.45) is 10.2 Å². The summed E-state index contributed by atoms with van der Waals surface area (Å²) < 4.78 is 0. The molecule has 0 unspecified atom stereocenters. The molecule has 80 valence electrons. The number of hydrogen-bond acceptors (Lipinski definition) is 3. The topological polar surface area (TPSA) is 62.0 Å². The summed E-state index contributed by atoms with van der Waals surface area (Å²) in [6.45, 7) is 2.04. The molecule has 0 bridgehead atoms. The number of nitrogens with zero attached hydrogens (tertiary/aromatic N) is 2. The molecular weight excluding hydrogens is 180 g/mol. The van der Waals surface area contributed by atoms with Crippen molar-refractivity contribution in [3.8, 4) is 0 Å². The summed E-state index contributed by atoms with van der Waals surface area (Å²) in [4.78, 5) is 10.2. The van der Waals surface area contributed by atoms with Gasteiger partial charge in [-0.3, -0.25) is 4.79 Å². The van der Waals surface area contributed by atoms with Gasteiger partial charge in [0.1, 0.15) is 0 Å². The van der Waals surface area contributed by atoms with Gasteiger partial charge in [0.15, 0.2) is 5.66 Å². The number of unbranched alkanes of at least 4 members (excludes halogenated alkanes) is 4. The molecule has 4 nitrogen and oxygen atoms in total. The van der Waals surface area contributed by atoms with E-state index in [1.165, 1.54) is 6.42 Å². The van der Waals surface area contributed by atoms with E-state index in [2.05, 4.69) is 10.2 Å². The van der Waals surface area contributed by atoms with Crippen LogP contribution in [0.1, 0.15) is 51.9 Å². The van der Waals surface area contributed by atoms with Crippen LogP contribution in [0.25, 0.3) is 0 Å². The second kappa shape index (κ2) is 5.08. The maximum Gasteiger partial charge on any atom is 0.303 e. The van der Waals surface area contributed by atoms with Gasteiger partial charge in [-0.05, 0) is 26.2 Å². The molecule has 0 atom stereocenters. The quantitative estimate of drug-likeness (QED) is 0.609. The van der Waals surface area contributed by atoms with Crippen molar-refractivity contribution >= 4 is 5.97 Å². The van der Waals surface area contributed by atoms with Gasteiger partial charge in [-0.25, -0.2) is 0 Å². The molecule has 1 aliphatic rings. The molecule has 14 heavy (non-hydrogen) atoms. The molecule has 0 saturated heterocycles. The monoisotopic (exact) mass is 198 g/mol. The molecule has 0 aromatic rings. The number of carbonyl (C=O) groups is 1. The number of carboxylic acids is 1. The summed E-state index contributed by atoms with van der Waals surface area (Å²) in [5.41, 5.74) is -0.0545. The molecule has 0 aromatic carbocycles. The Labute approximate surface area is 84.4 Å². The van der Waals surface area contributed by atoms with Gasteiger partial charge in [0.25, 0.3) is 0 Å². The average molecular weight is 198 g/mol. The molecule has 4 heteroatoms. The maximum absolute atomic E-state index is 10.2. The summed E-state index contributed by atoms with van der Waals surface area (Å²) in [5.74, 6) is -0.687. The molecule has 0 aromatic heterocycles. The van der Waals surface area contributed by atoms with Crippen molar-refractivity contribution in [1.82, 2.24) is 0 Å². The Bertz CT molecular complexity index is 220. The minimum absolute atomic E-state index is 0.0545. The van der Waals surface area contributed by atoms with Gasteiger partial charge in [-0.2, -0.15) is 10.2 Å². The van der Waals surface area contributed by atoms with E-state index in [1.807, 2.05) is 6.92 Å². The van der Waals surface area contributed by atoms with Crippen LogP contribution in [-0.2, 0) is 4.79 Å². The van der Waals surface area contributed by atoms with Crippen LogP contribution in [0, 0.1) is 0 Å². The molecule has 0 aliphatic carbocycles. The van der Waals surface area contributed by atoms with Gasteiger partial charge in [-0.1, -0.05) is 19.3 Å².